The maximum atomic E-state index is 11.4. The molecule has 0 unspecified atom stereocenters. The fourth-order valence-electron chi connectivity index (χ4n) is 2.30. The van der Waals surface area contributed by atoms with Gasteiger partial charge in [-0.3, -0.25) is 4.98 Å². The molecule has 0 aliphatic carbocycles. The number of ether oxygens (including phenoxy) is 1. The van der Waals surface area contributed by atoms with E-state index in [1.54, 1.807) is 12.1 Å². The largest absolute Gasteiger partial charge is 0.465 e. The number of rotatable bonds is 3. The third-order valence-electron chi connectivity index (χ3n) is 3.47. The summed E-state index contributed by atoms with van der Waals surface area (Å²) in [5, 5.41) is 1.12. The number of esters is 1. The second-order valence-corrected chi connectivity index (χ2v) is 4.86. The first kappa shape index (κ1) is 14.0. The molecule has 3 heteroatoms. The Balaban J connectivity index is 1.88. The summed E-state index contributed by atoms with van der Waals surface area (Å²) in [6.45, 7) is 0. The third-order valence-corrected chi connectivity index (χ3v) is 3.47. The van der Waals surface area contributed by atoms with Crippen LogP contribution in [0.15, 0.2) is 60.8 Å². The van der Waals surface area contributed by atoms with E-state index in [9.17, 15) is 4.79 Å². The predicted octanol–water partition coefficient (Wildman–Crippen LogP) is 4.19. The smallest absolute Gasteiger partial charge is 0.337 e. The highest BCUT2D eigenvalue weighted by molar-refractivity contribution is 5.91. The van der Waals surface area contributed by atoms with E-state index in [0.29, 0.717) is 5.56 Å². The van der Waals surface area contributed by atoms with Gasteiger partial charge in [-0.1, -0.05) is 42.5 Å². The lowest BCUT2D eigenvalue weighted by Gasteiger charge is -2.02. The first-order valence-corrected chi connectivity index (χ1v) is 6.98. The fraction of sp³-hybridized carbons (Fsp3) is 0.0526. The van der Waals surface area contributed by atoms with Crippen LogP contribution in [0.2, 0.25) is 0 Å². The Morgan fingerprint density at radius 1 is 1.00 bits per heavy atom. The van der Waals surface area contributed by atoms with E-state index in [2.05, 4.69) is 21.9 Å². The van der Waals surface area contributed by atoms with Crippen LogP contribution in [0.1, 0.15) is 21.5 Å². The van der Waals surface area contributed by atoms with Crippen LogP contribution < -0.4 is 0 Å². The highest BCUT2D eigenvalue weighted by Crippen LogP contribution is 2.18. The Morgan fingerprint density at radius 2 is 1.77 bits per heavy atom. The van der Waals surface area contributed by atoms with Crippen LogP contribution in [0.5, 0.6) is 0 Å². The van der Waals surface area contributed by atoms with Gasteiger partial charge >= 0.3 is 5.97 Å². The van der Waals surface area contributed by atoms with Crippen LogP contribution in [-0.4, -0.2) is 18.1 Å². The molecule has 0 aliphatic heterocycles. The molecule has 0 amide bonds. The van der Waals surface area contributed by atoms with Crippen molar-refractivity contribution < 1.29 is 9.53 Å². The van der Waals surface area contributed by atoms with Gasteiger partial charge < -0.3 is 4.74 Å². The quantitative estimate of drug-likeness (QED) is 0.679. The van der Waals surface area contributed by atoms with Crippen molar-refractivity contribution in [2.24, 2.45) is 0 Å². The van der Waals surface area contributed by atoms with Crippen molar-refractivity contribution in [3.63, 3.8) is 0 Å². The van der Waals surface area contributed by atoms with Gasteiger partial charge in [0.05, 0.1) is 18.2 Å². The summed E-state index contributed by atoms with van der Waals surface area (Å²) < 4.78 is 4.69. The maximum absolute atomic E-state index is 11.4. The molecular weight excluding hydrogens is 274 g/mol. The lowest BCUT2D eigenvalue weighted by Crippen LogP contribution is -2.00. The van der Waals surface area contributed by atoms with Gasteiger partial charge in [-0.15, -0.1) is 0 Å². The molecule has 0 N–H and O–H groups in total. The number of nitrogens with zero attached hydrogens (tertiary/aromatic N) is 1. The number of carbonyl (C=O) groups excluding carboxylic acids is 1. The Labute approximate surface area is 128 Å². The van der Waals surface area contributed by atoms with Crippen LogP contribution >= 0.6 is 0 Å². The highest BCUT2D eigenvalue weighted by atomic mass is 16.5. The molecule has 2 aromatic carbocycles. The van der Waals surface area contributed by atoms with E-state index in [4.69, 9.17) is 0 Å². The summed E-state index contributed by atoms with van der Waals surface area (Å²) in [4.78, 5) is 15.8. The molecule has 0 bridgehead atoms. The zero-order valence-electron chi connectivity index (χ0n) is 12.2. The maximum Gasteiger partial charge on any atom is 0.337 e. The molecule has 3 nitrogen and oxygen atoms in total. The van der Waals surface area contributed by atoms with E-state index < -0.39 is 0 Å². The minimum atomic E-state index is -0.323. The van der Waals surface area contributed by atoms with Crippen molar-refractivity contribution in [3.05, 3.63) is 77.5 Å². The van der Waals surface area contributed by atoms with Gasteiger partial charge in [-0.25, -0.2) is 4.79 Å². The van der Waals surface area contributed by atoms with Gasteiger partial charge in [0.15, 0.2) is 0 Å². The highest BCUT2D eigenvalue weighted by Gasteiger charge is 2.03. The number of hydrogen-bond donors (Lipinski definition) is 0. The van der Waals surface area contributed by atoms with Gasteiger partial charge in [-0.2, -0.15) is 0 Å². The summed E-state index contributed by atoms with van der Waals surface area (Å²) in [6.07, 6.45) is 5.88. The first-order chi connectivity index (χ1) is 10.8. The minimum Gasteiger partial charge on any atom is -0.465 e. The second kappa shape index (κ2) is 6.22. The molecule has 0 aliphatic rings. The number of benzene rings is 2. The van der Waals surface area contributed by atoms with E-state index in [0.717, 1.165) is 22.0 Å². The van der Waals surface area contributed by atoms with Gasteiger partial charge in [0.25, 0.3) is 0 Å². The van der Waals surface area contributed by atoms with Crippen LogP contribution in [0.3, 0.4) is 0 Å². The lowest BCUT2D eigenvalue weighted by atomic mass is 10.1. The molecule has 3 rings (SSSR count). The minimum absolute atomic E-state index is 0.323. The van der Waals surface area contributed by atoms with E-state index in [1.165, 1.54) is 7.11 Å². The summed E-state index contributed by atoms with van der Waals surface area (Å²) in [5.41, 5.74) is 3.66. The standard InChI is InChI=1S/C19H15NO2/c1-22-19(21)16-10-7-14(8-11-16)6-9-15-12-13-20-18-5-3-2-4-17(15)18/h2-13H,1H3/b9-6-. The van der Waals surface area contributed by atoms with Crippen molar-refractivity contribution in [1.29, 1.82) is 0 Å². The lowest BCUT2D eigenvalue weighted by molar-refractivity contribution is 0.0601. The molecule has 0 saturated heterocycles. The molecule has 0 saturated carbocycles. The molecule has 0 fully saturated rings. The number of pyridine rings is 1. The molecule has 22 heavy (non-hydrogen) atoms. The van der Waals surface area contributed by atoms with Crippen LogP contribution in [0.4, 0.5) is 0 Å². The van der Waals surface area contributed by atoms with Crippen LogP contribution in [0.25, 0.3) is 23.1 Å². The molecule has 0 atom stereocenters. The molecule has 108 valence electrons. The van der Waals surface area contributed by atoms with Gasteiger partial charge in [0, 0.05) is 11.6 Å². The van der Waals surface area contributed by atoms with Crippen LogP contribution in [0, 0.1) is 0 Å². The van der Waals surface area contributed by atoms with Crippen LogP contribution in [-0.2, 0) is 4.74 Å². The zero-order chi connectivity index (χ0) is 15.4. The van der Waals surface area contributed by atoms with Gasteiger partial charge in [0.1, 0.15) is 0 Å². The molecule has 1 heterocycles. The molecule has 0 radical (unpaired) electrons. The van der Waals surface area contributed by atoms with Gasteiger partial charge in [-0.05, 0) is 35.4 Å². The van der Waals surface area contributed by atoms with Crippen molar-refractivity contribution >= 4 is 29.0 Å². The van der Waals surface area contributed by atoms with Crippen molar-refractivity contribution in [1.82, 2.24) is 4.98 Å². The summed E-state index contributed by atoms with van der Waals surface area (Å²) in [5.74, 6) is -0.323. The number of carbonyl (C=O) groups is 1. The number of fused-ring (bicyclic) bond motifs is 1. The number of methoxy groups -OCH3 is 1. The topological polar surface area (TPSA) is 39.2 Å². The zero-order valence-corrected chi connectivity index (χ0v) is 12.2. The first-order valence-electron chi connectivity index (χ1n) is 6.98. The van der Waals surface area contributed by atoms with E-state index >= 15 is 0 Å². The third kappa shape index (κ3) is 2.88. The van der Waals surface area contributed by atoms with Crippen molar-refractivity contribution in [2.45, 2.75) is 0 Å². The Morgan fingerprint density at radius 3 is 2.55 bits per heavy atom. The van der Waals surface area contributed by atoms with Crippen molar-refractivity contribution in [3.8, 4) is 0 Å². The molecule has 1 aromatic heterocycles. The Bertz CT molecular complexity index is 830. The summed E-state index contributed by atoms with van der Waals surface area (Å²) in [7, 11) is 1.38. The molecule has 3 aromatic rings. The Kier molecular flexibility index (Phi) is 3.97. The SMILES string of the molecule is COC(=O)c1ccc(/C=C\c2ccnc3ccccc23)cc1. The Hall–Kier alpha value is -2.94. The number of aromatic nitrogens is 1. The second-order valence-electron chi connectivity index (χ2n) is 4.86. The predicted molar refractivity (Wildman–Crippen MR) is 88.5 cm³/mol. The monoisotopic (exact) mass is 289 g/mol. The summed E-state index contributed by atoms with van der Waals surface area (Å²) in [6, 6.07) is 17.3. The average Bonchev–Trinajstić information content (AvgIpc) is 2.59. The van der Waals surface area contributed by atoms with Crippen molar-refractivity contribution in [2.75, 3.05) is 7.11 Å². The number of hydrogen-bond acceptors (Lipinski definition) is 3. The summed E-state index contributed by atoms with van der Waals surface area (Å²) >= 11 is 0. The number of para-hydroxylation sites is 1. The average molecular weight is 289 g/mol. The normalized spacial score (nSPS) is 11.0. The molecular formula is C19H15NO2. The molecule has 0 spiro atoms. The van der Waals surface area contributed by atoms with E-state index in [1.807, 2.05) is 48.7 Å². The van der Waals surface area contributed by atoms with Gasteiger partial charge in [0.2, 0.25) is 0 Å². The fourth-order valence-corrected chi connectivity index (χ4v) is 2.30. The van der Waals surface area contributed by atoms with E-state index in [-0.39, 0.29) is 5.97 Å².